The minimum absolute atomic E-state index is 0.350. The predicted octanol–water partition coefficient (Wildman–Crippen LogP) is 4.16. The van der Waals surface area contributed by atoms with Gasteiger partial charge in [-0.25, -0.2) is 0 Å². The first-order valence-corrected chi connectivity index (χ1v) is 12.4. The molecule has 26 heavy (non-hydrogen) atoms. The average Bonchev–Trinajstić information content (AvgIpc) is 3.49. The summed E-state index contributed by atoms with van der Waals surface area (Å²) in [6.07, 6.45) is 6.93. The van der Waals surface area contributed by atoms with Gasteiger partial charge in [0.05, 0.1) is 13.2 Å². The molecule has 1 atom stereocenters. The molecule has 1 aromatic carbocycles. The van der Waals surface area contributed by atoms with Crippen molar-refractivity contribution in [1.29, 1.82) is 0 Å². The molecule has 1 saturated heterocycles. The van der Waals surface area contributed by atoms with E-state index in [1.54, 1.807) is 0 Å². The Morgan fingerprint density at radius 2 is 1.58 bits per heavy atom. The molecular formula is C21H36O4Si. The van der Waals surface area contributed by atoms with Gasteiger partial charge in [0.2, 0.25) is 0 Å². The fraction of sp³-hybridized carbons (Fsp3) is 0.714. The summed E-state index contributed by atoms with van der Waals surface area (Å²) >= 11 is 0. The molecule has 1 aliphatic rings. The maximum Gasteiger partial charge on any atom is 0.372 e. The minimum atomic E-state index is -2.40. The molecule has 1 aromatic rings. The van der Waals surface area contributed by atoms with E-state index >= 15 is 0 Å². The molecule has 5 heteroatoms. The molecule has 0 saturated carbocycles. The van der Waals surface area contributed by atoms with Crippen molar-refractivity contribution in [3.05, 3.63) is 30.3 Å². The van der Waals surface area contributed by atoms with Crippen LogP contribution in [0.2, 0.25) is 6.04 Å². The molecule has 0 bridgehead atoms. The van der Waals surface area contributed by atoms with Gasteiger partial charge in [0.25, 0.3) is 0 Å². The van der Waals surface area contributed by atoms with E-state index in [0.29, 0.717) is 6.10 Å². The maximum absolute atomic E-state index is 6.51. The van der Waals surface area contributed by atoms with Crippen LogP contribution in [0.3, 0.4) is 0 Å². The number of ether oxygens (including phenoxy) is 2. The van der Waals surface area contributed by atoms with Crippen molar-refractivity contribution < 1.29 is 18.3 Å². The Bertz CT molecular complexity index is 454. The van der Waals surface area contributed by atoms with Crippen LogP contribution >= 0.6 is 0 Å². The maximum atomic E-state index is 6.51. The Hall–Kier alpha value is -0.723. The molecule has 0 amide bonds. The molecule has 148 valence electrons. The third kappa shape index (κ3) is 7.88. The summed E-state index contributed by atoms with van der Waals surface area (Å²) in [7, 11) is -2.40. The lowest BCUT2D eigenvalue weighted by Crippen LogP contribution is -2.54. The summed E-state index contributed by atoms with van der Waals surface area (Å²) in [5, 5.41) is 1.26. The van der Waals surface area contributed by atoms with Gasteiger partial charge in [-0.05, 0) is 36.9 Å². The number of rotatable bonds is 16. The van der Waals surface area contributed by atoms with Crippen LogP contribution in [0.15, 0.2) is 30.3 Å². The molecule has 0 spiro atoms. The van der Waals surface area contributed by atoms with Gasteiger partial charge in [-0.2, -0.15) is 0 Å². The summed E-state index contributed by atoms with van der Waals surface area (Å²) in [5.74, 6) is 0. The highest BCUT2D eigenvalue weighted by molar-refractivity contribution is 6.81. The number of benzene rings is 1. The zero-order chi connectivity index (χ0) is 18.5. The molecule has 0 radical (unpaired) electrons. The zero-order valence-electron chi connectivity index (χ0n) is 16.6. The van der Waals surface area contributed by atoms with Crippen molar-refractivity contribution >= 4 is 13.7 Å². The fourth-order valence-electron chi connectivity index (χ4n) is 2.89. The summed E-state index contributed by atoms with van der Waals surface area (Å²) in [6.45, 7) is 8.38. The van der Waals surface area contributed by atoms with Crippen molar-refractivity contribution in [2.45, 2.75) is 64.5 Å². The SMILES string of the molecule is CCCCO[Si](CCCCOCC1CO1)(OCCCC)c1ccccc1. The molecule has 1 unspecified atom stereocenters. The van der Waals surface area contributed by atoms with Crippen molar-refractivity contribution in [3.63, 3.8) is 0 Å². The van der Waals surface area contributed by atoms with Crippen LogP contribution in [-0.2, 0) is 18.3 Å². The van der Waals surface area contributed by atoms with Crippen LogP contribution in [0.5, 0.6) is 0 Å². The van der Waals surface area contributed by atoms with E-state index in [-0.39, 0.29) is 0 Å². The first-order chi connectivity index (χ1) is 12.8. The molecule has 0 aliphatic carbocycles. The quantitative estimate of drug-likeness (QED) is 0.245. The normalized spacial score (nSPS) is 16.8. The van der Waals surface area contributed by atoms with Crippen LogP contribution in [0.4, 0.5) is 0 Å². The highest BCUT2D eigenvalue weighted by Gasteiger charge is 2.39. The third-order valence-corrected chi connectivity index (χ3v) is 8.20. The van der Waals surface area contributed by atoms with Crippen molar-refractivity contribution in [2.75, 3.05) is 33.0 Å². The Morgan fingerprint density at radius 3 is 2.15 bits per heavy atom. The number of hydrogen-bond acceptors (Lipinski definition) is 4. The van der Waals surface area contributed by atoms with E-state index in [1.807, 2.05) is 0 Å². The van der Waals surface area contributed by atoms with E-state index < -0.39 is 8.56 Å². The van der Waals surface area contributed by atoms with Gasteiger partial charge in [0.15, 0.2) is 0 Å². The second kappa shape index (κ2) is 12.6. The third-order valence-electron chi connectivity index (χ3n) is 4.63. The summed E-state index contributed by atoms with van der Waals surface area (Å²) in [6, 6.07) is 11.6. The molecule has 0 aromatic heterocycles. The molecule has 1 fully saturated rings. The van der Waals surface area contributed by atoms with Gasteiger partial charge in [-0.15, -0.1) is 0 Å². The van der Waals surface area contributed by atoms with E-state index in [4.69, 9.17) is 18.3 Å². The summed E-state index contributed by atoms with van der Waals surface area (Å²) in [4.78, 5) is 0. The first-order valence-electron chi connectivity index (χ1n) is 10.3. The highest BCUT2D eigenvalue weighted by Crippen LogP contribution is 2.20. The Morgan fingerprint density at radius 1 is 0.923 bits per heavy atom. The van der Waals surface area contributed by atoms with E-state index in [1.165, 1.54) is 5.19 Å². The minimum Gasteiger partial charge on any atom is -0.391 e. The Labute approximate surface area is 160 Å². The van der Waals surface area contributed by atoms with Gasteiger partial charge in [-0.3, -0.25) is 0 Å². The topological polar surface area (TPSA) is 40.2 Å². The second-order valence-corrected chi connectivity index (χ2v) is 10.2. The second-order valence-electron chi connectivity index (χ2n) is 7.01. The Balaban J connectivity index is 1.93. The van der Waals surface area contributed by atoms with Gasteiger partial charge < -0.3 is 18.3 Å². The molecule has 1 aliphatic heterocycles. The van der Waals surface area contributed by atoms with Crippen LogP contribution in [0, 0.1) is 0 Å². The molecular weight excluding hydrogens is 344 g/mol. The summed E-state index contributed by atoms with van der Waals surface area (Å²) < 4.78 is 23.9. The lowest BCUT2D eigenvalue weighted by Gasteiger charge is -2.31. The largest absolute Gasteiger partial charge is 0.391 e. The van der Waals surface area contributed by atoms with Gasteiger partial charge >= 0.3 is 8.56 Å². The van der Waals surface area contributed by atoms with Crippen molar-refractivity contribution in [3.8, 4) is 0 Å². The van der Waals surface area contributed by atoms with Crippen LogP contribution < -0.4 is 5.19 Å². The van der Waals surface area contributed by atoms with E-state index in [0.717, 1.165) is 77.6 Å². The molecule has 1 heterocycles. The molecule has 4 nitrogen and oxygen atoms in total. The van der Waals surface area contributed by atoms with E-state index in [9.17, 15) is 0 Å². The van der Waals surface area contributed by atoms with Crippen LogP contribution in [0.1, 0.15) is 52.4 Å². The monoisotopic (exact) mass is 380 g/mol. The van der Waals surface area contributed by atoms with Gasteiger partial charge in [0.1, 0.15) is 6.10 Å². The van der Waals surface area contributed by atoms with Crippen molar-refractivity contribution in [2.24, 2.45) is 0 Å². The highest BCUT2D eigenvalue weighted by atomic mass is 28.4. The lowest BCUT2D eigenvalue weighted by atomic mass is 10.3. The van der Waals surface area contributed by atoms with Gasteiger partial charge in [0, 0.05) is 19.8 Å². The fourth-order valence-corrected chi connectivity index (χ4v) is 6.25. The zero-order valence-corrected chi connectivity index (χ0v) is 17.6. The van der Waals surface area contributed by atoms with Gasteiger partial charge in [-0.1, -0.05) is 57.0 Å². The van der Waals surface area contributed by atoms with Crippen LogP contribution in [-0.4, -0.2) is 47.7 Å². The molecule has 0 N–H and O–H groups in total. The van der Waals surface area contributed by atoms with Crippen LogP contribution in [0.25, 0.3) is 0 Å². The molecule has 2 rings (SSSR count). The number of unbranched alkanes of at least 4 members (excludes halogenated alkanes) is 3. The lowest BCUT2D eigenvalue weighted by molar-refractivity contribution is 0.113. The number of epoxide rings is 1. The number of hydrogen-bond donors (Lipinski definition) is 0. The standard InChI is InChI=1S/C21H36O4Si/c1-3-5-15-24-26(25-16-6-4-2,21-12-8-7-9-13-21)17-11-10-14-22-18-20-19-23-20/h7-9,12-13,20H,3-6,10-11,14-19H2,1-2H3. The smallest absolute Gasteiger partial charge is 0.372 e. The predicted molar refractivity (Wildman–Crippen MR) is 108 cm³/mol. The average molecular weight is 381 g/mol. The summed E-state index contributed by atoms with van der Waals surface area (Å²) in [5.41, 5.74) is 0. The van der Waals surface area contributed by atoms with Crippen molar-refractivity contribution in [1.82, 2.24) is 0 Å². The van der Waals surface area contributed by atoms with E-state index in [2.05, 4.69) is 44.2 Å². The first kappa shape index (κ1) is 21.6. The Kier molecular flexibility index (Phi) is 10.5.